The zero-order valence-electron chi connectivity index (χ0n) is 9.61. The van der Waals surface area contributed by atoms with Crippen LogP contribution in [0.1, 0.15) is 5.56 Å². The van der Waals surface area contributed by atoms with Crippen LogP contribution in [0.25, 0.3) is 5.65 Å². The Bertz CT molecular complexity index is 708. The van der Waals surface area contributed by atoms with E-state index in [-0.39, 0.29) is 0 Å². The molecule has 2 N–H and O–H groups in total. The minimum absolute atomic E-state index is 0.406. The molecular formula is C11H10N6O. The smallest absolute Gasteiger partial charge is 0.239 e. The summed E-state index contributed by atoms with van der Waals surface area (Å²) < 4.78 is 6.96. The van der Waals surface area contributed by atoms with Crippen LogP contribution >= 0.6 is 0 Å². The Hall–Kier alpha value is -2.70. The summed E-state index contributed by atoms with van der Waals surface area (Å²) in [7, 11) is 0. The van der Waals surface area contributed by atoms with Gasteiger partial charge in [-0.15, -0.1) is 14.8 Å². The van der Waals surface area contributed by atoms with E-state index in [0.717, 1.165) is 5.56 Å². The number of aromatic nitrogens is 5. The predicted octanol–water partition coefficient (Wildman–Crippen LogP) is 1.20. The molecule has 0 unspecified atom stereocenters. The highest BCUT2D eigenvalue weighted by Crippen LogP contribution is 2.25. The predicted molar refractivity (Wildman–Crippen MR) is 64.2 cm³/mol. The van der Waals surface area contributed by atoms with Gasteiger partial charge in [-0.05, 0) is 35.0 Å². The molecule has 0 aliphatic rings. The van der Waals surface area contributed by atoms with Crippen molar-refractivity contribution in [3.63, 3.8) is 0 Å². The highest BCUT2D eigenvalue weighted by Gasteiger charge is 2.05. The van der Waals surface area contributed by atoms with Gasteiger partial charge in [-0.2, -0.15) is 0 Å². The first-order valence-corrected chi connectivity index (χ1v) is 5.32. The van der Waals surface area contributed by atoms with E-state index >= 15 is 0 Å². The van der Waals surface area contributed by atoms with Crippen molar-refractivity contribution in [2.75, 3.05) is 5.73 Å². The molecule has 2 heterocycles. The maximum absolute atomic E-state index is 5.72. The molecule has 7 heteroatoms. The van der Waals surface area contributed by atoms with Gasteiger partial charge < -0.3 is 10.5 Å². The van der Waals surface area contributed by atoms with Gasteiger partial charge in [-0.3, -0.25) is 0 Å². The number of tetrazole rings is 1. The first kappa shape index (κ1) is 10.5. The molecule has 2 aromatic heterocycles. The number of nitrogens with two attached hydrogens (primary N) is 1. The third kappa shape index (κ3) is 1.81. The molecule has 3 rings (SSSR count). The zero-order valence-corrected chi connectivity index (χ0v) is 9.61. The Balaban J connectivity index is 1.97. The van der Waals surface area contributed by atoms with E-state index in [4.69, 9.17) is 10.5 Å². The summed E-state index contributed by atoms with van der Waals surface area (Å²) in [4.78, 5) is 0. The lowest BCUT2D eigenvalue weighted by Gasteiger charge is -2.07. The Morgan fingerprint density at radius 2 is 2.11 bits per heavy atom. The van der Waals surface area contributed by atoms with E-state index in [9.17, 15) is 0 Å². The average Bonchev–Trinajstić information content (AvgIpc) is 2.81. The minimum Gasteiger partial charge on any atom is -0.437 e. The van der Waals surface area contributed by atoms with Gasteiger partial charge in [0.05, 0.1) is 0 Å². The largest absolute Gasteiger partial charge is 0.437 e. The maximum Gasteiger partial charge on any atom is 0.239 e. The lowest BCUT2D eigenvalue weighted by molar-refractivity contribution is 0.444. The number of rotatable bonds is 2. The van der Waals surface area contributed by atoms with E-state index < -0.39 is 0 Å². The molecule has 0 atom stereocenters. The van der Waals surface area contributed by atoms with Crippen LogP contribution < -0.4 is 10.5 Å². The molecular weight excluding hydrogens is 232 g/mol. The van der Waals surface area contributed by atoms with Gasteiger partial charge in [0, 0.05) is 17.8 Å². The van der Waals surface area contributed by atoms with Gasteiger partial charge in [0.1, 0.15) is 5.75 Å². The van der Waals surface area contributed by atoms with Gasteiger partial charge >= 0.3 is 0 Å². The Kier molecular flexibility index (Phi) is 2.30. The molecule has 0 aliphatic carbocycles. The number of benzene rings is 1. The van der Waals surface area contributed by atoms with Crippen LogP contribution in [0.2, 0.25) is 0 Å². The van der Waals surface area contributed by atoms with Crippen molar-refractivity contribution < 1.29 is 4.74 Å². The highest BCUT2D eigenvalue weighted by atomic mass is 16.5. The second-order valence-electron chi connectivity index (χ2n) is 3.83. The molecule has 0 bridgehead atoms. The number of ether oxygens (including phenoxy) is 1. The average molecular weight is 242 g/mol. The second-order valence-corrected chi connectivity index (χ2v) is 3.83. The maximum atomic E-state index is 5.72. The molecule has 0 radical (unpaired) electrons. The Morgan fingerprint density at radius 1 is 1.22 bits per heavy atom. The van der Waals surface area contributed by atoms with Crippen LogP contribution in [0.15, 0.2) is 30.3 Å². The van der Waals surface area contributed by atoms with E-state index in [1.165, 1.54) is 4.63 Å². The van der Waals surface area contributed by atoms with Gasteiger partial charge in [-0.1, -0.05) is 6.07 Å². The number of anilines is 1. The third-order valence-electron chi connectivity index (χ3n) is 2.47. The fourth-order valence-corrected chi connectivity index (χ4v) is 1.53. The lowest BCUT2D eigenvalue weighted by Crippen LogP contribution is -1.98. The van der Waals surface area contributed by atoms with Crippen LogP contribution in [0.4, 0.5) is 5.69 Å². The number of aryl methyl sites for hydroxylation is 1. The topological polar surface area (TPSA) is 91.2 Å². The van der Waals surface area contributed by atoms with Crippen LogP contribution in [0.3, 0.4) is 0 Å². The summed E-state index contributed by atoms with van der Waals surface area (Å²) in [5.74, 6) is 1.07. The minimum atomic E-state index is 0.406. The molecule has 0 fully saturated rings. The first-order valence-electron chi connectivity index (χ1n) is 5.32. The van der Waals surface area contributed by atoms with Crippen molar-refractivity contribution in [2.45, 2.75) is 6.92 Å². The normalized spacial score (nSPS) is 10.7. The van der Waals surface area contributed by atoms with Crippen LogP contribution in [-0.2, 0) is 0 Å². The first-order chi connectivity index (χ1) is 8.72. The van der Waals surface area contributed by atoms with Gasteiger partial charge in [-0.25, -0.2) is 0 Å². The molecule has 0 aliphatic heterocycles. The summed E-state index contributed by atoms with van der Waals surface area (Å²) in [6.45, 7) is 1.93. The molecule has 18 heavy (non-hydrogen) atoms. The molecule has 0 spiro atoms. The summed E-state index contributed by atoms with van der Waals surface area (Å²) in [6, 6.07) is 8.89. The number of fused-ring (bicyclic) bond motifs is 1. The summed E-state index contributed by atoms with van der Waals surface area (Å²) in [5, 5.41) is 15.1. The molecule has 0 saturated carbocycles. The SMILES string of the molecule is Cc1ccc(N)cc1Oc1ccc2nnnn2n1. The van der Waals surface area contributed by atoms with Crippen molar-refractivity contribution in [1.82, 2.24) is 25.3 Å². The van der Waals surface area contributed by atoms with Crippen molar-refractivity contribution in [3.8, 4) is 11.6 Å². The summed E-state index contributed by atoms with van der Waals surface area (Å²) in [5.41, 5.74) is 7.89. The van der Waals surface area contributed by atoms with Crippen LogP contribution in [-0.4, -0.2) is 25.3 Å². The standard InChI is InChI=1S/C11H10N6O/c1-7-2-3-8(12)6-9(7)18-11-5-4-10-13-15-16-17(10)14-11/h2-6H,12H2,1H3. The van der Waals surface area contributed by atoms with Gasteiger partial charge in [0.2, 0.25) is 5.88 Å². The Morgan fingerprint density at radius 3 is 3.00 bits per heavy atom. The van der Waals surface area contributed by atoms with E-state index in [0.29, 0.717) is 23.0 Å². The van der Waals surface area contributed by atoms with E-state index in [1.807, 2.05) is 19.1 Å². The van der Waals surface area contributed by atoms with Crippen molar-refractivity contribution in [2.24, 2.45) is 0 Å². The molecule has 7 nitrogen and oxygen atoms in total. The number of nitrogen functional groups attached to an aromatic ring is 1. The number of nitrogens with zero attached hydrogens (tertiary/aromatic N) is 5. The van der Waals surface area contributed by atoms with E-state index in [1.54, 1.807) is 18.2 Å². The van der Waals surface area contributed by atoms with E-state index in [2.05, 4.69) is 20.6 Å². The molecule has 3 aromatic rings. The monoisotopic (exact) mass is 242 g/mol. The fraction of sp³-hybridized carbons (Fsp3) is 0.0909. The van der Waals surface area contributed by atoms with Gasteiger partial charge in [0.15, 0.2) is 5.65 Å². The second kappa shape index (κ2) is 3.95. The number of hydrogen-bond donors (Lipinski definition) is 1. The molecule has 1 aromatic carbocycles. The fourth-order valence-electron chi connectivity index (χ4n) is 1.53. The van der Waals surface area contributed by atoms with Crippen LogP contribution in [0.5, 0.6) is 11.6 Å². The van der Waals surface area contributed by atoms with Gasteiger partial charge in [0.25, 0.3) is 0 Å². The summed E-state index contributed by atoms with van der Waals surface area (Å²) >= 11 is 0. The van der Waals surface area contributed by atoms with Crippen molar-refractivity contribution in [1.29, 1.82) is 0 Å². The highest BCUT2D eigenvalue weighted by molar-refractivity contribution is 5.49. The summed E-state index contributed by atoms with van der Waals surface area (Å²) in [6.07, 6.45) is 0. The quantitative estimate of drug-likeness (QED) is 0.679. The number of hydrogen-bond acceptors (Lipinski definition) is 6. The lowest BCUT2D eigenvalue weighted by atomic mass is 10.2. The Labute approximate surface area is 102 Å². The third-order valence-corrected chi connectivity index (χ3v) is 2.47. The molecule has 0 saturated heterocycles. The van der Waals surface area contributed by atoms with Crippen molar-refractivity contribution >= 4 is 11.3 Å². The van der Waals surface area contributed by atoms with Crippen LogP contribution in [0, 0.1) is 6.92 Å². The molecule has 0 amide bonds. The van der Waals surface area contributed by atoms with Crippen molar-refractivity contribution in [3.05, 3.63) is 35.9 Å². The zero-order chi connectivity index (χ0) is 12.5. The molecule has 90 valence electrons.